The summed E-state index contributed by atoms with van der Waals surface area (Å²) in [6.45, 7) is 0. The summed E-state index contributed by atoms with van der Waals surface area (Å²) in [6.07, 6.45) is -2.86. The molecule has 3 aromatic carbocycles. The average Bonchev–Trinajstić information content (AvgIpc) is 2.83. The highest BCUT2D eigenvalue weighted by atomic mass is 19.4. The standard InChI is InChI=1S/C24H17F3N4O/c1-32-20-13-7-16(8-14-20)22-21(15-28-23(29-22)17-5-3-2-4-6-17)31-30-19-11-9-18(10-12-19)24(25,26)27/h2-15H,1H3. The fourth-order valence-corrected chi connectivity index (χ4v) is 2.96. The predicted molar refractivity (Wildman–Crippen MR) is 115 cm³/mol. The zero-order chi connectivity index (χ0) is 22.6. The van der Waals surface area contributed by atoms with Crippen LogP contribution >= 0.6 is 0 Å². The van der Waals surface area contributed by atoms with E-state index in [0.717, 1.165) is 23.3 Å². The third-order valence-corrected chi connectivity index (χ3v) is 4.63. The third-order valence-electron chi connectivity index (χ3n) is 4.63. The van der Waals surface area contributed by atoms with E-state index in [0.29, 0.717) is 23.0 Å². The lowest BCUT2D eigenvalue weighted by Crippen LogP contribution is -2.03. The minimum absolute atomic E-state index is 0.283. The van der Waals surface area contributed by atoms with Crippen molar-refractivity contribution in [2.45, 2.75) is 6.18 Å². The van der Waals surface area contributed by atoms with Crippen molar-refractivity contribution in [1.29, 1.82) is 0 Å². The van der Waals surface area contributed by atoms with Crippen molar-refractivity contribution in [3.8, 4) is 28.4 Å². The fourth-order valence-electron chi connectivity index (χ4n) is 2.96. The number of ether oxygens (including phenoxy) is 1. The van der Waals surface area contributed by atoms with Crippen LogP contribution in [0, 0.1) is 0 Å². The molecule has 1 aromatic heterocycles. The van der Waals surface area contributed by atoms with Crippen LogP contribution in [0.15, 0.2) is 95.3 Å². The smallest absolute Gasteiger partial charge is 0.416 e. The summed E-state index contributed by atoms with van der Waals surface area (Å²) in [6, 6.07) is 21.2. The van der Waals surface area contributed by atoms with Crippen molar-refractivity contribution in [3.63, 3.8) is 0 Å². The minimum atomic E-state index is -4.40. The molecular weight excluding hydrogens is 417 g/mol. The fraction of sp³-hybridized carbons (Fsp3) is 0.0833. The molecule has 0 aliphatic carbocycles. The molecule has 0 fully saturated rings. The Labute approximate surface area is 182 Å². The lowest BCUT2D eigenvalue weighted by Gasteiger charge is -2.08. The Morgan fingerprint density at radius 2 is 1.47 bits per heavy atom. The first kappa shape index (κ1) is 21.2. The largest absolute Gasteiger partial charge is 0.497 e. The summed E-state index contributed by atoms with van der Waals surface area (Å²) in [5.74, 6) is 1.21. The van der Waals surface area contributed by atoms with Crippen LogP contribution in [0.2, 0.25) is 0 Å². The Bertz CT molecular complexity index is 1220. The SMILES string of the molecule is COc1ccc(-c2nc(-c3ccccc3)ncc2N=Nc2ccc(C(F)(F)F)cc2)cc1. The predicted octanol–water partition coefficient (Wildman–Crippen LogP) is 7.25. The first-order chi connectivity index (χ1) is 15.4. The lowest BCUT2D eigenvalue weighted by molar-refractivity contribution is -0.137. The van der Waals surface area contributed by atoms with Crippen molar-refractivity contribution in [2.75, 3.05) is 7.11 Å². The molecule has 0 radical (unpaired) electrons. The highest BCUT2D eigenvalue weighted by molar-refractivity contribution is 5.74. The number of benzene rings is 3. The number of hydrogen-bond donors (Lipinski definition) is 0. The molecule has 0 bridgehead atoms. The molecule has 0 aliphatic heterocycles. The molecule has 0 saturated carbocycles. The summed E-state index contributed by atoms with van der Waals surface area (Å²) >= 11 is 0. The Kier molecular flexibility index (Phi) is 5.93. The van der Waals surface area contributed by atoms with E-state index in [9.17, 15) is 13.2 Å². The molecule has 160 valence electrons. The van der Waals surface area contributed by atoms with Crippen molar-refractivity contribution >= 4 is 11.4 Å². The van der Waals surface area contributed by atoms with Gasteiger partial charge >= 0.3 is 6.18 Å². The molecule has 8 heteroatoms. The topological polar surface area (TPSA) is 59.7 Å². The number of hydrogen-bond acceptors (Lipinski definition) is 5. The molecular formula is C24H17F3N4O. The summed E-state index contributed by atoms with van der Waals surface area (Å²) in [4.78, 5) is 9.06. The van der Waals surface area contributed by atoms with Crippen molar-refractivity contribution in [2.24, 2.45) is 10.2 Å². The first-order valence-electron chi connectivity index (χ1n) is 9.60. The van der Waals surface area contributed by atoms with E-state index >= 15 is 0 Å². The van der Waals surface area contributed by atoms with E-state index in [-0.39, 0.29) is 5.69 Å². The number of methoxy groups -OCH3 is 1. The number of azo groups is 1. The van der Waals surface area contributed by atoms with Gasteiger partial charge in [-0.2, -0.15) is 18.3 Å². The molecule has 4 aromatic rings. The molecule has 4 rings (SSSR count). The van der Waals surface area contributed by atoms with Gasteiger partial charge < -0.3 is 4.74 Å². The molecule has 0 N–H and O–H groups in total. The molecule has 0 aliphatic rings. The number of halogens is 3. The summed E-state index contributed by atoms with van der Waals surface area (Å²) in [5, 5.41) is 8.28. The van der Waals surface area contributed by atoms with E-state index in [4.69, 9.17) is 4.74 Å². The number of alkyl halides is 3. The maximum absolute atomic E-state index is 12.8. The molecule has 0 atom stereocenters. The zero-order valence-corrected chi connectivity index (χ0v) is 16.9. The van der Waals surface area contributed by atoms with Gasteiger partial charge in [0.15, 0.2) is 5.82 Å². The summed E-state index contributed by atoms with van der Waals surface area (Å²) < 4.78 is 43.5. The van der Waals surface area contributed by atoms with Crippen LogP contribution < -0.4 is 4.74 Å². The van der Waals surface area contributed by atoms with Crippen LogP contribution in [0.25, 0.3) is 22.6 Å². The van der Waals surface area contributed by atoms with Gasteiger partial charge in [-0.3, -0.25) is 0 Å². The minimum Gasteiger partial charge on any atom is -0.497 e. The van der Waals surface area contributed by atoms with Crippen LogP contribution in [0.1, 0.15) is 5.56 Å². The third kappa shape index (κ3) is 4.80. The van der Waals surface area contributed by atoms with E-state index in [1.165, 1.54) is 12.1 Å². The molecule has 5 nitrogen and oxygen atoms in total. The Hall–Kier alpha value is -4.07. The second kappa shape index (κ2) is 8.97. The van der Waals surface area contributed by atoms with E-state index in [1.54, 1.807) is 25.4 Å². The number of rotatable bonds is 5. The first-order valence-corrected chi connectivity index (χ1v) is 9.60. The van der Waals surface area contributed by atoms with Gasteiger partial charge in [0.05, 0.1) is 24.6 Å². The molecule has 1 heterocycles. The van der Waals surface area contributed by atoms with Gasteiger partial charge in [0.1, 0.15) is 17.1 Å². The maximum Gasteiger partial charge on any atom is 0.416 e. The van der Waals surface area contributed by atoms with Crippen LogP contribution in [-0.4, -0.2) is 17.1 Å². The number of aromatic nitrogens is 2. The van der Waals surface area contributed by atoms with Gasteiger partial charge in [-0.1, -0.05) is 30.3 Å². The van der Waals surface area contributed by atoms with Crippen molar-refractivity contribution in [3.05, 3.63) is 90.6 Å². The van der Waals surface area contributed by atoms with Gasteiger partial charge in [0.25, 0.3) is 0 Å². The molecule has 0 unspecified atom stereocenters. The average molecular weight is 434 g/mol. The Morgan fingerprint density at radius 3 is 2.09 bits per heavy atom. The molecule has 32 heavy (non-hydrogen) atoms. The Morgan fingerprint density at radius 1 is 0.781 bits per heavy atom. The Balaban J connectivity index is 1.72. The summed E-state index contributed by atoms with van der Waals surface area (Å²) in [7, 11) is 1.58. The van der Waals surface area contributed by atoms with Crippen LogP contribution in [0.5, 0.6) is 5.75 Å². The van der Waals surface area contributed by atoms with Crippen molar-refractivity contribution in [1.82, 2.24) is 9.97 Å². The summed E-state index contributed by atoms with van der Waals surface area (Å²) in [5.41, 5.74) is 2.07. The normalized spacial score (nSPS) is 11.6. The molecule has 0 amide bonds. The van der Waals surface area contributed by atoms with Gasteiger partial charge in [-0.25, -0.2) is 9.97 Å². The van der Waals surface area contributed by atoms with Gasteiger partial charge in [-0.15, -0.1) is 5.11 Å². The van der Waals surface area contributed by atoms with Crippen LogP contribution in [0.3, 0.4) is 0 Å². The quantitative estimate of drug-likeness (QED) is 0.311. The van der Waals surface area contributed by atoms with Crippen LogP contribution in [-0.2, 0) is 6.18 Å². The van der Waals surface area contributed by atoms with Crippen molar-refractivity contribution < 1.29 is 17.9 Å². The highest BCUT2D eigenvalue weighted by Gasteiger charge is 2.29. The van der Waals surface area contributed by atoms with E-state index in [2.05, 4.69) is 20.2 Å². The number of nitrogens with zero attached hydrogens (tertiary/aromatic N) is 4. The zero-order valence-electron chi connectivity index (χ0n) is 16.9. The highest BCUT2D eigenvalue weighted by Crippen LogP contribution is 2.33. The van der Waals surface area contributed by atoms with Gasteiger partial charge in [0.2, 0.25) is 0 Å². The van der Waals surface area contributed by atoms with E-state index in [1.807, 2.05) is 42.5 Å². The molecule has 0 saturated heterocycles. The maximum atomic E-state index is 12.8. The monoisotopic (exact) mass is 434 g/mol. The van der Waals surface area contributed by atoms with Crippen LogP contribution in [0.4, 0.5) is 24.5 Å². The van der Waals surface area contributed by atoms with Gasteiger partial charge in [-0.05, 0) is 48.5 Å². The van der Waals surface area contributed by atoms with Gasteiger partial charge in [0, 0.05) is 11.1 Å². The lowest BCUT2D eigenvalue weighted by atomic mass is 10.1. The second-order valence-corrected chi connectivity index (χ2v) is 6.77. The molecule has 0 spiro atoms. The van der Waals surface area contributed by atoms with E-state index < -0.39 is 11.7 Å². The second-order valence-electron chi connectivity index (χ2n) is 6.77.